The fourth-order valence-corrected chi connectivity index (χ4v) is 1.59. The second-order valence-corrected chi connectivity index (χ2v) is 3.42. The van der Waals surface area contributed by atoms with Crippen LogP contribution in [0, 0.1) is 0 Å². The van der Waals surface area contributed by atoms with E-state index in [0.29, 0.717) is 18.0 Å². The summed E-state index contributed by atoms with van der Waals surface area (Å²) >= 11 is 1.05. The molecule has 0 saturated heterocycles. The fraction of sp³-hybridized carbons (Fsp3) is 0.571. The lowest BCUT2D eigenvalue weighted by atomic mass is 10.4. The maximum absolute atomic E-state index is 12.1. The Kier molecular flexibility index (Phi) is 3.27. The van der Waals surface area contributed by atoms with Crippen LogP contribution in [0.25, 0.3) is 0 Å². The van der Waals surface area contributed by atoms with Gasteiger partial charge in [0.05, 0.1) is 5.01 Å². The summed E-state index contributed by atoms with van der Waals surface area (Å²) in [7, 11) is 1.75. The van der Waals surface area contributed by atoms with Crippen molar-refractivity contribution in [1.29, 1.82) is 0 Å². The Hall–Kier alpha value is -0.620. The van der Waals surface area contributed by atoms with Gasteiger partial charge in [-0.2, -0.15) is 13.2 Å². The van der Waals surface area contributed by atoms with Gasteiger partial charge in [-0.3, -0.25) is 0 Å². The van der Waals surface area contributed by atoms with Crippen LogP contribution >= 0.6 is 11.3 Å². The van der Waals surface area contributed by atoms with Gasteiger partial charge in [0.15, 0.2) is 5.69 Å². The quantitative estimate of drug-likeness (QED) is 0.824. The van der Waals surface area contributed by atoms with Gasteiger partial charge in [-0.05, 0) is 7.05 Å². The van der Waals surface area contributed by atoms with E-state index in [2.05, 4.69) is 10.3 Å². The van der Waals surface area contributed by atoms with Crippen LogP contribution in [0.3, 0.4) is 0 Å². The van der Waals surface area contributed by atoms with Crippen LogP contribution in [-0.2, 0) is 12.6 Å². The number of thiazole rings is 1. The molecule has 74 valence electrons. The number of likely N-dealkylation sites (N-methyl/N-ethyl adjacent to an activating group) is 1. The van der Waals surface area contributed by atoms with E-state index in [1.165, 1.54) is 0 Å². The minimum absolute atomic E-state index is 0.515. The van der Waals surface area contributed by atoms with Crippen molar-refractivity contribution in [3.05, 3.63) is 16.1 Å². The molecule has 0 aliphatic rings. The molecule has 0 bridgehead atoms. The van der Waals surface area contributed by atoms with E-state index in [1.807, 2.05) is 0 Å². The highest BCUT2D eigenvalue weighted by molar-refractivity contribution is 7.09. The van der Waals surface area contributed by atoms with Crippen LogP contribution in [0.4, 0.5) is 13.2 Å². The van der Waals surface area contributed by atoms with E-state index in [-0.39, 0.29) is 0 Å². The third-order valence-corrected chi connectivity index (χ3v) is 2.34. The molecule has 0 saturated carbocycles. The molecule has 13 heavy (non-hydrogen) atoms. The van der Waals surface area contributed by atoms with Crippen LogP contribution in [0.15, 0.2) is 5.38 Å². The number of nitrogens with one attached hydrogen (secondary N) is 1. The summed E-state index contributed by atoms with van der Waals surface area (Å²) in [6.07, 6.45) is -3.77. The monoisotopic (exact) mass is 210 g/mol. The summed E-state index contributed by atoms with van der Waals surface area (Å²) in [6.45, 7) is 0.644. The molecule has 0 spiro atoms. The second-order valence-electron chi connectivity index (χ2n) is 2.48. The maximum Gasteiger partial charge on any atom is 0.434 e. The molecular formula is C7H9F3N2S. The first-order valence-electron chi connectivity index (χ1n) is 3.70. The van der Waals surface area contributed by atoms with E-state index in [4.69, 9.17) is 0 Å². The van der Waals surface area contributed by atoms with Crippen LogP contribution < -0.4 is 5.32 Å². The Morgan fingerprint density at radius 2 is 2.23 bits per heavy atom. The third-order valence-electron chi connectivity index (χ3n) is 1.43. The largest absolute Gasteiger partial charge is 0.434 e. The first-order valence-corrected chi connectivity index (χ1v) is 4.58. The van der Waals surface area contributed by atoms with Crippen LogP contribution in [-0.4, -0.2) is 18.6 Å². The van der Waals surface area contributed by atoms with E-state index in [9.17, 15) is 13.2 Å². The summed E-state index contributed by atoms with van der Waals surface area (Å²) < 4.78 is 36.2. The van der Waals surface area contributed by atoms with Gasteiger partial charge < -0.3 is 5.32 Å². The summed E-state index contributed by atoms with van der Waals surface area (Å²) in [5, 5.41) is 4.41. The first-order chi connectivity index (χ1) is 6.04. The van der Waals surface area contributed by atoms with Gasteiger partial charge in [0.2, 0.25) is 0 Å². The van der Waals surface area contributed by atoms with Gasteiger partial charge in [-0.25, -0.2) is 4.98 Å². The Morgan fingerprint density at radius 3 is 2.69 bits per heavy atom. The normalized spacial score (nSPS) is 12.0. The lowest BCUT2D eigenvalue weighted by Gasteiger charge is -1.99. The van der Waals surface area contributed by atoms with Crippen molar-refractivity contribution in [3.63, 3.8) is 0 Å². The van der Waals surface area contributed by atoms with Crippen LogP contribution in [0.5, 0.6) is 0 Å². The minimum atomic E-state index is -4.31. The van der Waals surface area contributed by atoms with E-state index in [1.54, 1.807) is 7.05 Å². The Morgan fingerprint density at radius 1 is 1.54 bits per heavy atom. The molecule has 0 aliphatic heterocycles. The zero-order valence-corrected chi connectivity index (χ0v) is 7.80. The molecule has 0 radical (unpaired) electrons. The Balaban J connectivity index is 2.64. The van der Waals surface area contributed by atoms with Crippen LogP contribution in [0.2, 0.25) is 0 Å². The molecule has 1 rings (SSSR count). The average molecular weight is 210 g/mol. The molecule has 0 aliphatic carbocycles. The number of alkyl halides is 3. The van der Waals surface area contributed by atoms with Gasteiger partial charge in [-0.15, -0.1) is 11.3 Å². The molecule has 6 heteroatoms. The van der Waals surface area contributed by atoms with Crippen molar-refractivity contribution in [3.8, 4) is 0 Å². The number of rotatable bonds is 3. The lowest BCUT2D eigenvalue weighted by Crippen LogP contribution is -2.11. The molecule has 0 aromatic carbocycles. The van der Waals surface area contributed by atoms with Gasteiger partial charge in [0.1, 0.15) is 0 Å². The minimum Gasteiger partial charge on any atom is -0.319 e. The smallest absolute Gasteiger partial charge is 0.319 e. The summed E-state index contributed by atoms with van der Waals surface area (Å²) in [4.78, 5) is 3.47. The number of nitrogens with zero attached hydrogens (tertiary/aromatic N) is 1. The van der Waals surface area contributed by atoms with Gasteiger partial charge in [0, 0.05) is 18.3 Å². The molecule has 1 heterocycles. The van der Waals surface area contributed by atoms with Crippen LogP contribution in [0.1, 0.15) is 10.7 Å². The zero-order valence-electron chi connectivity index (χ0n) is 6.98. The molecular weight excluding hydrogens is 201 g/mol. The number of halogens is 3. The Labute approximate surface area is 77.8 Å². The summed E-state index contributed by atoms with van der Waals surface area (Å²) in [5.41, 5.74) is -0.788. The van der Waals surface area contributed by atoms with Crippen molar-refractivity contribution < 1.29 is 13.2 Å². The molecule has 1 aromatic heterocycles. The molecule has 0 fully saturated rings. The highest BCUT2D eigenvalue weighted by Gasteiger charge is 2.33. The fourth-order valence-electron chi connectivity index (χ4n) is 0.788. The average Bonchev–Trinajstić information content (AvgIpc) is 2.47. The first kappa shape index (κ1) is 10.5. The molecule has 1 aromatic rings. The number of aromatic nitrogens is 1. The highest BCUT2D eigenvalue weighted by atomic mass is 32.1. The van der Waals surface area contributed by atoms with E-state index >= 15 is 0 Å². The van der Waals surface area contributed by atoms with Crippen molar-refractivity contribution in [2.24, 2.45) is 0 Å². The molecule has 0 amide bonds. The van der Waals surface area contributed by atoms with E-state index < -0.39 is 11.9 Å². The van der Waals surface area contributed by atoms with Crippen molar-refractivity contribution in [2.45, 2.75) is 12.6 Å². The molecule has 2 nitrogen and oxygen atoms in total. The summed E-state index contributed by atoms with van der Waals surface area (Å²) in [5.74, 6) is 0. The van der Waals surface area contributed by atoms with Gasteiger partial charge >= 0.3 is 6.18 Å². The number of hydrogen-bond donors (Lipinski definition) is 1. The SMILES string of the molecule is CNCCc1nc(C(F)(F)F)cs1. The predicted molar refractivity (Wildman–Crippen MR) is 44.7 cm³/mol. The zero-order chi connectivity index (χ0) is 9.90. The van der Waals surface area contributed by atoms with E-state index in [0.717, 1.165) is 16.7 Å². The highest BCUT2D eigenvalue weighted by Crippen LogP contribution is 2.29. The molecule has 1 N–H and O–H groups in total. The van der Waals surface area contributed by atoms with Crippen molar-refractivity contribution in [1.82, 2.24) is 10.3 Å². The van der Waals surface area contributed by atoms with Gasteiger partial charge in [0.25, 0.3) is 0 Å². The van der Waals surface area contributed by atoms with Crippen molar-refractivity contribution in [2.75, 3.05) is 13.6 Å². The predicted octanol–water partition coefficient (Wildman–Crippen LogP) is 1.92. The summed E-state index contributed by atoms with van der Waals surface area (Å²) in [6, 6.07) is 0. The standard InChI is InChI=1S/C7H9F3N2S/c1-11-3-2-6-12-5(4-13-6)7(8,9)10/h4,11H,2-3H2,1H3. The van der Waals surface area contributed by atoms with Gasteiger partial charge in [-0.1, -0.05) is 0 Å². The lowest BCUT2D eigenvalue weighted by molar-refractivity contribution is -0.140. The third kappa shape index (κ3) is 2.96. The topological polar surface area (TPSA) is 24.9 Å². The second kappa shape index (κ2) is 4.06. The maximum atomic E-state index is 12.1. The Bertz CT molecular complexity index is 269. The molecule has 0 unspecified atom stereocenters. The molecule has 0 atom stereocenters. The van der Waals surface area contributed by atoms with Crippen molar-refractivity contribution >= 4 is 11.3 Å². The number of hydrogen-bond acceptors (Lipinski definition) is 3.